The van der Waals surface area contributed by atoms with Gasteiger partial charge in [-0.2, -0.15) is 0 Å². The number of hydrogen-bond acceptors (Lipinski definition) is 3. The van der Waals surface area contributed by atoms with Crippen molar-refractivity contribution < 1.29 is 4.79 Å². The molecule has 0 aliphatic carbocycles. The molecule has 1 aromatic carbocycles. The Labute approximate surface area is 146 Å². The van der Waals surface area contributed by atoms with Gasteiger partial charge in [0.05, 0.1) is 23.5 Å². The number of rotatable bonds is 6. The summed E-state index contributed by atoms with van der Waals surface area (Å²) in [7, 11) is 0. The van der Waals surface area contributed by atoms with Gasteiger partial charge in [-0.3, -0.25) is 9.20 Å². The van der Waals surface area contributed by atoms with E-state index in [9.17, 15) is 4.79 Å². The van der Waals surface area contributed by atoms with E-state index in [4.69, 9.17) is 0 Å². The lowest BCUT2D eigenvalue weighted by molar-refractivity contribution is -0.119. The molecule has 24 heavy (non-hydrogen) atoms. The van der Waals surface area contributed by atoms with Crippen LogP contribution in [0.3, 0.4) is 0 Å². The Kier molecular flexibility index (Phi) is 5.20. The van der Waals surface area contributed by atoms with Crippen molar-refractivity contribution in [2.24, 2.45) is 0 Å². The lowest BCUT2D eigenvalue weighted by Gasteiger charge is -2.14. The van der Waals surface area contributed by atoms with Crippen LogP contribution in [0.1, 0.15) is 31.0 Å². The van der Waals surface area contributed by atoms with Crippen LogP contribution in [-0.2, 0) is 11.2 Å². The smallest absolute Gasteiger partial charge is 0.230 e. The highest BCUT2D eigenvalue weighted by atomic mass is 32.2. The number of hydrogen-bond donors (Lipinski definition) is 1. The maximum Gasteiger partial charge on any atom is 0.230 e. The van der Waals surface area contributed by atoms with E-state index >= 15 is 0 Å². The average Bonchev–Trinajstić information content (AvgIpc) is 3.03. The number of benzene rings is 1. The van der Waals surface area contributed by atoms with E-state index in [2.05, 4.69) is 41.5 Å². The lowest BCUT2D eigenvalue weighted by atomic mass is 10.1. The Bertz CT molecular complexity index is 826. The van der Waals surface area contributed by atoms with Crippen molar-refractivity contribution in [1.29, 1.82) is 0 Å². The standard InChI is InChI=1S/C19H21N3OS/c1-3-15-7-9-16(10-8-15)14(2)21-18(23)13-24-19-20-12-17-6-4-5-11-22(17)19/h4-12,14H,3,13H2,1-2H3,(H,21,23). The monoisotopic (exact) mass is 339 g/mol. The molecule has 0 saturated heterocycles. The van der Waals surface area contributed by atoms with E-state index < -0.39 is 0 Å². The topological polar surface area (TPSA) is 46.4 Å². The first-order valence-electron chi connectivity index (χ1n) is 8.10. The van der Waals surface area contributed by atoms with Crippen LogP contribution >= 0.6 is 11.8 Å². The molecule has 0 aliphatic heterocycles. The Morgan fingerprint density at radius 1 is 1.25 bits per heavy atom. The highest BCUT2D eigenvalue weighted by molar-refractivity contribution is 7.99. The summed E-state index contributed by atoms with van der Waals surface area (Å²) in [6.45, 7) is 4.14. The van der Waals surface area contributed by atoms with Crippen molar-refractivity contribution in [2.75, 3.05) is 5.75 Å². The third-order valence-electron chi connectivity index (χ3n) is 4.00. The highest BCUT2D eigenvalue weighted by Crippen LogP contribution is 2.19. The van der Waals surface area contributed by atoms with Crippen LogP contribution in [-0.4, -0.2) is 21.0 Å². The minimum Gasteiger partial charge on any atom is -0.349 e. The van der Waals surface area contributed by atoms with Gasteiger partial charge in [-0.25, -0.2) is 4.98 Å². The summed E-state index contributed by atoms with van der Waals surface area (Å²) in [4.78, 5) is 16.6. The third-order valence-corrected chi connectivity index (χ3v) is 4.97. The van der Waals surface area contributed by atoms with Crippen molar-refractivity contribution in [3.05, 3.63) is 66.0 Å². The maximum atomic E-state index is 12.2. The summed E-state index contributed by atoms with van der Waals surface area (Å²) < 4.78 is 1.99. The molecule has 2 aromatic heterocycles. The molecule has 1 atom stereocenters. The van der Waals surface area contributed by atoms with Crippen molar-refractivity contribution in [3.63, 3.8) is 0 Å². The SMILES string of the molecule is CCc1ccc(C(C)NC(=O)CSc2ncc3ccccn23)cc1. The number of amides is 1. The molecule has 2 heterocycles. The molecular formula is C19H21N3OS. The zero-order valence-electron chi connectivity index (χ0n) is 13.9. The molecular weight excluding hydrogens is 318 g/mol. The summed E-state index contributed by atoms with van der Waals surface area (Å²) in [6, 6.07) is 14.3. The minimum atomic E-state index is 0.000949. The molecule has 0 fully saturated rings. The number of aromatic nitrogens is 2. The van der Waals surface area contributed by atoms with E-state index in [-0.39, 0.29) is 11.9 Å². The first-order valence-corrected chi connectivity index (χ1v) is 9.09. The average molecular weight is 339 g/mol. The van der Waals surface area contributed by atoms with Crippen molar-refractivity contribution >= 4 is 23.2 Å². The summed E-state index contributed by atoms with van der Waals surface area (Å²) in [5.74, 6) is 0.366. The van der Waals surface area contributed by atoms with Crippen molar-refractivity contribution in [3.8, 4) is 0 Å². The van der Waals surface area contributed by atoms with Crippen LogP contribution in [0.4, 0.5) is 0 Å². The van der Waals surface area contributed by atoms with Crippen LogP contribution in [0.25, 0.3) is 5.52 Å². The minimum absolute atomic E-state index is 0.000949. The molecule has 1 amide bonds. The molecule has 1 N–H and O–H groups in total. The fourth-order valence-corrected chi connectivity index (χ4v) is 3.34. The number of aryl methyl sites for hydroxylation is 1. The number of fused-ring (bicyclic) bond motifs is 1. The lowest BCUT2D eigenvalue weighted by Crippen LogP contribution is -2.28. The van der Waals surface area contributed by atoms with Gasteiger partial charge < -0.3 is 5.32 Å². The second kappa shape index (κ2) is 7.53. The first kappa shape index (κ1) is 16.6. The molecule has 1 unspecified atom stereocenters. The second-order valence-electron chi connectivity index (χ2n) is 5.71. The Morgan fingerprint density at radius 3 is 2.79 bits per heavy atom. The van der Waals surface area contributed by atoms with Crippen LogP contribution in [0.5, 0.6) is 0 Å². The van der Waals surface area contributed by atoms with Gasteiger partial charge in [0.1, 0.15) is 0 Å². The molecule has 0 saturated carbocycles. The predicted octanol–water partition coefficient (Wildman–Crippen LogP) is 3.87. The van der Waals surface area contributed by atoms with Gasteiger partial charge in [0.25, 0.3) is 0 Å². The number of pyridine rings is 1. The number of nitrogens with one attached hydrogen (secondary N) is 1. The number of thioether (sulfide) groups is 1. The maximum absolute atomic E-state index is 12.2. The largest absolute Gasteiger partial charge is 0.349 e. The van der Waals surface area contributed by atoms with E-state index in [1.165, 1.54) is 17.3 Å². The molecule has 0 radical (unpaired) electrons. The molecule has 0 spiro atoms. The van der Waals surface area contributed by atoms with Gasteiger partial charge in [0.15, 0.2) is 5.16 Å². The summed E-state index contributed by atoms with van der Waals surface area (Å²) >= 11 is 1.45. The number of imidazole rings is 1. The van der Waals surface area contributed by atoms with E-state index in [0.29, 0.717) is 5.75 Å². The van der Waals surface area contributed by atoms with Gasteiger partial charge in [-0.1, -0.05) is 49.0 Å². The molecule has 5 heteroatoms. The zero-order chi connectivity index (χ0) is 16.9. The third kappa shape index (κ3) is 3.79. The summed E-state index contributed by atoms with van der Waals surface area (Å²) in [5, 5.41) is 3.88. The number of carbonyl (C=O) groups is 1. The molecule has 0 bridgehead atoms. The van der Waals surface area contributed by atoms with E-state index in [0.717, 1.165) is 22.7 Å². The molecule has 3 rings (SSSR count). The number of nitrogens with zero attached hydrogens (tertiary/aromatic N) is 2. The Morgan fingerprint density at radius 2 is 2.04 bits per heavy atom. The molecule has 4 nitrogen and oxygen atoms in total. The zero-order valence-corrected chi connectivity index (χ0v) is 14.7. The van der Waals surface area contributed by atoms with Crippen LogP contribution in [0, 0.1) is 0 Å². The number of carbonyl (C=O) groups excluding carboxylic acids is 1. The van der Waals surface area contributed by atoms with Gasteiger partial charge in [0.2, 0.25) is 5.91 Å². The van der Waals surface area contributed by atoms with Gasteiger partial charge >= 0.3 is 0 Å². The quantitative estimate of drug-likeness (QED) is 0.694. The molecule has 3 aromatic rings. The van der Waals surface area contributed by atoms with Gasteiger partial charge in [-0.15, -0.1) is 0 Å². The van der Waals surface area contributed by atoms with Gasteiger partial charge in [0, 0.05) is 6.20 Å². The fraction of sp³-hybridized carbons (Fsp3) is 0.263. The van der Waals surface area contributed by atoms with Crippen LogP contribution < -0.4 is 5.32 Å². The highest BCUT2D eigenvalue weighted by Gasteiger charge is 2.11. The van der Waals surface area contributed by atoms with E-state index in [1.54, 1.807) is 0 Å². The predicted molar refractivity (Wildman–Crippen MR) is 98.3 cm³/mol. The normalized spacial score (nSPS) is 12.2. The van der Waals surface area contributed by atoms with Crippen molar-refractivity contribution in [2.45, 2.75) is 31.5 Å². The Balaban J connectivity index is 1.57. The fourth-order valence-electron chi connectivity index (χ4n) is 2.56. The Hall–Kier alpha value is -2.27. The summed E-state index contributed by atoms with van der Waals surface area (Å²) in [6.07, 6.45) is 4.80. The van der Waals surface area contributed by atoms with Crippen LogP contribution in [0.2, 0.25) is 0 Å². The summed E-state index contributed by atoms with van der Waals surface area (Å²) in [5.41, 5.74) is 3.46. The molecule has 124 valence electrons. The van der Waals surface area contributed by atoms with Crippen LogP contribution in [0.15, 0.2) is 60.0 Å². The van der Waals surface area contributed by atoms with Gasteiger partial charge in [-0.05, 0) is 36.6 Å². The van der Waals surface area contributed by atoms with Crippen molar-refractivity contribution in [1.82, 2.24) is 14.7 Å². The molecule has 0 aliphatic rings. The van der Waals surface area contributed by atoms with E-state index in [1.807, 2.05) is 41.9 Å². The second-order valence-corrected chi connectivity index (χ2v) is 6.65. The first-order chi connectivity index (χ1) is 11.7.